The molecule has 0 heterocycles. The molecular weight excluding hydrogens is 272 g/mol. The van der Waals surface area contributed by atoms with E-state index in [9.17, 15) is 14.9 Å². The van der Waals surface area contributed by atoms with E-state index in [1.54, 1.807) is 31.2 Å². The van der Waals surface area contributed by atoms with Gasteiger partial charge < -0.3 is 10.7 Å². The lowest BCUT2D eigenvalue weighted by Gasteiger charge is -2.08. The maximum atomic E-state index is 12.1. The average molecular weight is 286 g/mol. The molecule has 0 saturated carbocycles. The third kappa shape index (κ3) is 3.34. The summed E-state index contributed by atoms with van der Waals surface area (Å²) in [6, 6.07) is 10.9. The number of rotatable bonds is 4. The molecule has 2 aromatic rings. The second-order valence-electron chi connectivity index (χ2n) is 4.43. The van der Waals surface area contributed by atoms with Crippen LogP contribution in [-0.2, 0) is 0 Å². The van der Waals surface area contributed by atoms with Gasteiger partial charge >= 0.3 is 0 Å². The van der Waals surface area contributed by atoms with Gasteiger partial charge in [-0.3, -0.25) is 20.8 Å². The lowest BCUT2D eigenvalue weighted by atomic mass is 10.1. The zero-order valence-corrected chi connectivity index (χ0v) is 11.3. The van der Waals surface area contributed by atoms with Crippen molar-refractivity contribution in [3.8, 4) is 0 Å². The van der Waals surface area contributed by atoms with Crippen LogP contribution in [0.1, 0.15) is 15.9 Å². The van der Waals surface area contributed by atoms with Crippen molar-refractivity contribution in [2.45, 2.75) is 6.92 Å². The number of benzene rings is 2. The van der Waals surface area contributed by atoms with Crippen molar-refractivity contribution < 1.29 is 9.72 Å². The number of nitro groups is 1. The molecule has 1 amide bonds. The molecule has 21 heavy (non-hydrogen) atoms. The number of non-ortho nitro benzene ring substituents is 1. The van der Waals surface area contributed by atoms with Crippen LogP contribution in [-0.4, -0.2) is 10.8 Å². The van der Waals surface area contributed by atoms with E-state index in [0.29, 0.717) is 22.5 Å². The van der Waals surface area contributed by atoms with Crippen LogP contribution in [0.15, 0.2) is 42.5 Å². The second-order valence-corrected chi connectivity index (χ2v) is 4.43. The van der Waals surface area contributed by atoms with E-state index in [4.69, 9.17) is 5.84 Å². The van der Waals surface area contributed by atoms with Gasteiger partial charge in [0.25, 0.3) is 11.6 Å². The predicted molar refractivity (Wildman–Crippen MR) is 80.0 cm³/mol. The third-order valence-electron chi connectivity index (χ3n) is 2.98. The second kappa shape index (κ2) is 6.02. The highest BCUT2D eigenvalue weighted by molar-refractivity contribution is 6.04. The fraction of sp³-hybridized carbons (Fsp3) is 0.0714. The van der Waals surface area contributed by atoms with Crippen LogP contribution in [0.4, 0.5) is 17.1 Å². The van der Waals surface area contributed by atoms with Gasteiger partial charge in [0.2, 0.25) is 0 Å². The Hall–Kier alpha value is -2.93. The lowest BCUT2D eigenvalue weighted by molar-refractivity contribution is -0.384. The number of hydrazine groups is 1. The van der Waals surface area contributed by atoms with Gasteiger partial charge in [-0.15, -0.1) is 0 Å². The van der Waals surface area contributed by atoms with Crippen molar-refractivity contribution in [1.82, 2.24) is 0 Å². The molecular formula is C14H14N4O3. The summed E-state index contributed by atoms with van der Waals surface area (Å²) in [6.07, 6.45) is 0. The summed E-state index contributed by atoms with van der Waals surface area (Å²) in [5.74, 6) is 4.96. The first-order chi connectivity index (χ1) is 10.0. The molecule has 0 spiro atoms. The Morgan fingerprint density at radius 1 is 1.19 bits per heavy atom. The highest BCUT2D eigenvalue weighted by atomic mass is 16.6. The summed E-state index contributed by atoms with van der Waals surface area (Å²) in [5, 5.41) is 13.4. The Kier molecular flexibility index (Phi) is 4.15. The van der Waals surface area contributed by atoms with Gasteiger partial charge in [-0.25, -0.2) is 0 Å². The maximum Gasteiger partial charge on any atom is 0.269 e. The van der Waals surface area contributed by atoms with Crippen LogP contribution >= 0.6 is 0 Å². The minimum atomic E-state index is -0.475. The highest BCUT2D eigenvalue weighted by Crippen LogP contribution is 2.22. The average Bonchev–Trinajstić information content (AvgIpc) is 2.49. The minimum Gasteiger partial charge on any atom is -0.324 e. The first-order valence-electron chi connectivity index (χ1n) is 6.14. The molecule has 0 bridgehead atoms. The largest absolute Gasteiger partial charge is 0.324 e. The molecule has 2 aromatic carbocycles. The van der Waals surface area contributed by atoms with Crippen molar-refractivity contribution in [2.75, 3.05) is 10.7 Å². The molecule has 0 aliphatic rings. The van der Waals surface area contributed by atoms with Gasteiger partial charge in [0, 0.05) is 29.1 Å². The van der Waals surface area contributed by atoms with E-state index >= 15 is 0 Å². The molecule has 108 valence electrons. The van der Waals surface area contributed by atoms with Crippen molar-refractivity contribution >= 4 is 23.0 Å². The SMILES string of the molecule is Cc1cc([N+](=O)[O-])ccc1NC(=O)c1ccc(NN)cc1. The number of nitrogen functional groups attached to an aromatic ring is 1. The van der Waals surface area contributed by atoms with E-state index in [1.807, 2.05) is 0 Å². The first kappa shape index (κ1) is 14.5. The topological polar surface area (TPSA) is 110 Å². The number of nitro benzene ring substituents is 1. The van der Waals surface area contributed by atoms with E-state index in [0.717, 1.165) is 0 Å². The smallest absolute Gasteiger partial charge is 0.269 e. The Morgan fingerprint density at radius 2 is 1.86 bits per heavy atom. The molecule has 2 rings (SSSR count). The predicted octanol–water partition coefficient (Wildman–Crippen LogP) is 2.44. The molecule has 0 saturated heterocycles. The number of amides is 1. The summed E-state index contributed by atoms with van der Waals surface area (Å²) in [4.78, 5) is 22.3. The zero-order valence-electron chi connectivity index (χ0n) is 11.3. The number of aryl methyl sites for hydroxylation is 1. The molecule has 7 nitrogen and oxygen atoms in total. The number of carbonyl (C=O) groups is 1. The van der Waals surface area contributed by atoms with E-state index in [1.165, 1.54) is 18.2 Å². The summed E-state index contributed by atoms with van der Waals surface area (Å²) >= 11 is 0. The Labute approximate surface area is 120 Å². The highest BCUT2D eigenvalue weighted by Gasteiger charge is 2.11. The first-order valence-corrected chi connectivity index (χ1v) is 6.14. The van der Waals surface area contributed by atoms with Gasteiger partial charge in [0.15, 0.2) is 0 Å². The van der Waals surface area contributed by atoms with Gasteiger partial charge in [-0.1, -0.05) is 0 Å². The number of hydrogen-bond donors (Lipinski definition) is 3. The van der Waals surface area contributed by atoms with Crippen LogP contribution in [0.3, 0.4) is 0 Å². The molecule has 0 aliphatic carbocycles. The molecule has 0 fully saturated rings. The molecule has 0 aliphatic heterocycles. The molecule has 0 unspecified atom stereocenters. The van der Waals surface area contributed by atoms with E-state index in [2.05, 4.69) is 10.7 Å². The van der Waals surface area contributed by atoms with Gasteiger partial charge in [0.1, 0.15) is 0 Å². The van der Waals surface area contributed by atoms with Gasteiger partial charge in [-0.2, -0.15) is 0 Å². The Balaban J connectivity index is 2.17. The fourth-order valence-electron chi connectivity index (χ4n) is 1.81. The number of hydrogen-bond acceptors (Lipinski definition) is 5. The van der Waals surface area contributed by atoms with Crippen LogP contribution < -0.4 is 16.6 Å². The number of nitrogens with two attached hydrogens (primary N) is 1. The quantitative estimate of drug-likeness (QED) is 0.454. The summed E-state index contributed by atoms with van der Waals surface area (Å²) in [6.45, 7) is 1.70. The van der Waals surface area contributed by atoms with Gasteiger partial charge in [-0.05, 0) is 42.8 Å². The van der Waals surface area contributed by atoms with Crippen LogP contribution in [0.5, 0.6) is 0 Å². The monoisotopic (exact) mass is 286 g/mol. The van der Waals surface area contributed by atoms with Crippen molar-refractivity contribution in [3.63, 3.8) is 0 Å². The lowest BCUT2D eigenvalue weighted by Crippen LogP contribution is -2.13. The minimum absolute atomic E-state index is 0.0103. The van der Waals surface area contributed by atoms with Crippen molar-refractivity contribution in [3.05, 3.63) is 63.7 Å². The van der Waals surface area contributed by atoms with Crippen molar-refractivity contribution in [1.29, 1.82) is 0 Å². The molecule has 0 aromatic heterocycles. The van der Waals surface area contributed by atoms with Crippen LogP contribution in [0, 0.1) is 17.0 Å². The summed E-state index contributed by atoms with van der Waals surface area (Å²) in [7, 11) is 0. The normalized spacial score (nSPS) is 10.0. The standard InChI is InChI=1S/C14H14N4O3/c1-9-8-12(18(20)21)6-7-13(9)16-14(19)10-2-4-11(17-15)5-3-10/h2-8,17H,15H2,1H3,(H,16,19). The number of anilines is 2. The molecule has 7 heteroatoms. The van der Waals surface area contributed by atoms with E-state index < -0.39 is 4.92 Å². The van der Waals surface area contributed by atoms with E-state index in [-0.39, 0.29) is 11.6 Å². The zero-order chi connectivity index (χ0) is 15.4. The maximum absolute atomic E-state index is 12.1. The summed E-state index contributed by atoms with van der Waals surface area (Å²) in [5.41, 5.74) is 4.78. The number of nitrogens with zero attached hydrogens (tertiary/aromatic N) is 1. The number of nitrogens with one attached hydrogen (secondary N) is 2. The van der Waals surface area contributed by atoms with Crippen LogP contribution in [0.25, 0.3) is 0 Å². The fourth-order valence-corrected chi connectivity index (χ4v) is 1.81. The third-order valence-corrected chi connectivity index (χ3v) is 2.98. The molecule has 4 N–H and O–H groups in total. The summed E-state index contributed by atoms with van der Waals surface area (Å²) < 4.78 is 0. The van der Waals surface area contributed by atoms with Crippen LogP contribution in [0.2, 0.25) is 0 Å². The Morgan fingerprint density at radius 3 is 2.38 bits per heavy atom. The Bertz CT molecular complexity index is 683. The molecule has 0 radical (unpaired) electrons. The van der Waals surface area contributed by atoms with Gasteiger partial charge in [0.05, 0.1) is 4.92 Å². The molecule has 0 atom stereocenters. The van der Waals surface area contributed by atoms with Crippen molar-refractivity contribution in [2.24, 2.45) is 5.84 Å². The number of carbonyl (C=O) groups excluding carboxylic acids is 1.